The molecule has 20 heavy (non-hydrogen) atoms. The summed E-state index contributed by atoms with van der Waals surface area (Å²) < 4.78 is 1.18. The molecule has 2 rings (SSSR count). The summed E-state index contributed by atoms with van der Waals surface area (Å²) in [6, 6.07) is 8.93. The molecule has 0 bridgehead atoms. The average Bonchev–Trinajstić information content (AvgIpc) is 2.38. The van der Waals surface area contributed by atoms with Crippen LogP contribution in [0.15, 0.2) is 34.8 Å². The Hall–Kier alpha value is -0.0171. The molecule has 1 aromatic rings. The summed E-state index contributed by atoms with van der Waals surface area (Å²) in [5.74, 6) is 8.39. The zero-order valence-electron chi connectivity index (χ0n) is 13.1. The molecule has 0 spiro atoms. The van der Waals surface area contributed by atoms with Gasteiger partial charge >= 0.3 is 136 Å². The van der Waals surface area contributed by atoms with Gasteiger partial charge in [0.25, 0.3) is 0 Å². The van der Waals surface area contributed by atoms with Crippen LogP contribution >= 0.6 is 15.9 Å². The van der Waals surface area contributed by atoms with E-state index in [4.69, 9.17) is 0 Å². The van der Waals surface area contributed by atoms with Crippen molar-refractivity contribution in [2.45, 2.75) is 54.6 Å². The van der Waals surface area contributed by atoms with E-state index in [0.717, 1.165) is 5.92 Å². The summed E-state index contributed by atoms with van der Waals surface area (Å²) in [5.41, 5.74) is 3.07. The quantitative estimate of drug-likeness (QED) is 0.494. The molecule has 1 aromatic carbocycles. The molecule has 0 unspecified atom stereocenters. The molecular formula is C18H27BrGe. The van der Waals surface area contributed by atoms with Crippen molar-refractivity contribution in [1.29, 1.82) is 0 Å². The Balaban J connectivity index is 2.23. The van der Waals surface area contributed by atoms with Crippen molar-refractivity contribution in [3.05, 3.63) is 40.4 Å². The molecule has 0 atom stereocenters. The van der Waals surface area contributed by atoms with Gasteiger partial charge in [-0.15, -0.1) is 0 Å². The van der Waals surface area contributed by atoms with Gasteiger partial charge in [-0.25, -0.2) is 0 Å². The van der Waals surface area contributed by atoms with Gasteiger partial charge in [0.1, 0.15) is 0 Å². The zero-order chi connectivity index (χ0) is 14.6. The van der Waals surface area contributed by atoms with Gasteiger partial charge in [-0.2, -0.15) is 0 Å². The third-order valence-electron chi connectivity index (χ3n) is 4.02. The van der Waals surface area contributed by atoms with Crippen LogP contribution in [0.2, 0.25) is 22.5 Å². The molecule has 0 N–H and O–H groups in total. The average molecular weight is 396 g/mol. The Labute approximate surface area is 135 Å². The molecule has 1 fully saturated rings. The van der Waals surface area contributed by atoms with Crippen molar-refractivity contribution in [3.8, 4) is 0 Å². The van der Waals surface area contributed by atoms with Crippen LogP contribution < -0.4 is 0 Å². The second kappa shape index (κ2) is 7.31. The van der Waals surface area contributed by atoms with Crippen molar-refractivity contribution in [2.24, 2.45) is 5.92 Å². The Bertz CT molecular complexity index is 447. The van der Waals surface area contributed by atoms with E-state index in [1.165, 1.54) is 47.4 Å². The molecule has 1 saturated carbocycles. The number of hydrogen-bond donors (Lipinski definition) is 0. The minimum atomic E-state index is -1.58. The van der Waals surface area contributed by atoms with E-state index in [1.54, 1.807) is 5.57 Å². The molecule has 1 aliphatic carbocycles. The second-order valence-electron chi connectivity index (χ2n) is 7.33. The van der Waals surface area contributed by atoms with Crippen LogP contribution in [0.25, 0.3) is 5.57 Å². The summed E-state index contributed by atoms with van der Waals surface area (Å²) >= 11 is 1.97. The summed E-state index contributed by atoms with van der Waals surface area (Å²) in [7, 11) is 0. The van der Waals surface area contributed by atoms with Crippen molar-refractivity contribution < 1.29 is 0 Å². The van der Waals surface area contributed by atoms with E-state index < -0.39 is 13.3 Å². The summed E-state index contributed by atoms with van der Waals surface area (Å²) in [4.78, 5) is 0. The van der Waals surface area contributed by atoms with Crippen LogP contribution in [0.3, 0.4) is 0 Å². The number of benzene rings is 1. The summed E-state index contributed by atoms with van der Waals surface area (Å²) in [6.07, 6.45) is 9.71. The van der Waals surface area contributed by atoms with Gasteiger partial charge in [0.2, 0.25) is 0 Å². The summed E-state index contributed by atoms with van der Waals surface area (Å²) in [6.45, 7) is 0. The van der Waals surface area contributed by atoms with Gasteiger partial charge in [-0.05, 0) is 0 Å². The van der Waals surface area contributed by atoms with Gasteiger partial charge in [-0.3, -0.25) is 0 Å². The molecule has 0 aromatic heterocycles. The van der Waals surface area contributed by atoms with Crippen molar-refractivity contribution in [2.75, 3.05) is 0 Å². The second-order valence-corrected chi connectivity index (χ2v) is 19.7. The first-order valence-electron chi connectivity index (χ1n) is 7.91. The van der Waals surface area contributed by atoms with Gasteiger partial charge < -0.3 is 0 Å². The summed E-state index contributed by atoms with van der Waals surface area (Å²) in [5, 5.41) is 1.35. The molecule has 0 nitrogen and oxygen atoms in total. The minimum absolute atomic E-state index is 0.826. The van der Waals surface area contributed by atoms with Crippen molar-refractivity contribution >= 4 is 34.8 Å². The van der Waals surface area contributed by atoms with Gasteiger partial charge in [-0.1, -0.05) is 0 Å². The Morgan fingerprint density at radius 1 is 1.10 bits per heavy atom. The van der Waals surface area contributed by atoms with E-state index in [-0.39, 0.29) is 0 Å². The number of allylic oxidation sites excluding steroid dienone is 2. The maximum absolute atomic E-state index is 3.55. The molecule has 0 aliphatic heterocycles. The molecule has 0 amide bonds. The number of halogens is 1. The van der Waals surface area contributed by atoms with Crippen molar-refractivity contribution in [3.63, 3.8) is 0 Å². The maximum atomic E-state index is 3.55. The van der Waals surface area contributed by atoms with E-state index >= 15 is 0 Å². The standard InChI is InChI=1S/C18H27BrGe/c1-20(2,3)14-17(13-15-7-5-4-6-8-15)16-9-11-18(19)12-10-16/h9-13,15H,4-8,14H2,1-3H3/b17-13+. The van der Waals surface area contributed by atoms with Crippen LogP contribution in [0.4, 0.5) is 0 Å². The molecule has 2 heteroatoms. The molecule has 0 radical (unpaired) electrons. The van der Waals surface area contributed by atoms with E-state index in [0.29, 0.717) is 0 Å². The molecule has 1 aliphatic rings. The van der Waals surface area contributed by atoms with Gasteiger partial charge in [0.05, 0.1) is 0 Å². The number of hydrogen-bond acceptors (Lipinski definition) is 0. The molecule has 0 heterocycles. The Morgan fingerprint density at radius 2 is 1.70 bits per heavy atom. The van der Waals surface area contributed by atoms with Crippen LogP contribution in [0, 0.1) is 5.92 Å². The molecule has 110 valence electrons. The SMILES string of the molecule is [CH3][Ge]([CH3])([CH3])[CH2]/C(=C\C1CCCCC1)c1ccc(Br)cc1. The Morgan fingerprint density at radius 3 is 2.25 bits per heavy atom. The van der Waals surface area contributed by atoms with E-state index in [1.807, 2.05) is 0 Å². The topological polar surface area (TPSA) is 0 Å². The van der Waals surface area contributed by atoms with Crippen molar-refractivity contribution in [1.82, 2.24) is 0 Å². The Kier molecular flexibility index (Phi) is 5.98. The zero-order valence-corrected chi connectivity index (χ0v) is 16.8. The third kappa shape index (κ3) is 5.40. The first kappa shape index (κ1) is 16.4. The fourth-order valence-electron chi connectivity index (χ4n) is 3.08. The van der Waals surface area contributed by atoms with Crippen LogP contribution in [-0.2, 0) is 0 Å². The van der Waals surface area contributed by atoms with E-state index in [9.17, 15) is 0 Å². The molecular weight excluding hydrogens is 369 g/mol. The number of rotatable bonds is 4. The third-order valence-corrected chi connectivity index (χ3v) is 7.58. The fourth-order valence-corrected chi connectivity index (χ4v) is 6.42. The first-order chi connectivity index (χ1) is 9.44. The van der Waals surface area contributed by atoms with Crippen LogP contribution in [-0.4, -0.2) is 13.3 Å². The van der Waals surface area contributed by atoms with Gasteiger partial charge in [0, 0.05) is 0 Å². The monoisotopic (exact) mass is 396 g/mol. The first-order valence-corrected chi connectivity index (χ1v) is 16.5. The van der Waals surface area contributed by atoms with E-state index in [2.05, 4.69) is 63.5 Å². The molecule has 0 saturated heterocycles. The normalized spacial score (nSPS) is 18.3. The van der Waals surface area contributed by atoms with Gasteiger partial charge in [0.15, 0.2) is 0 Å². The fraction of sp³-hybridized carbons (Fsp3) is 0.556. The van der Waals surface area contributed by atoms with Crippen LogP contribution in [0.1, 0.15) is 37.7 Å². The van der Waals surface area contributed by atoms with Crippen LogP contribution in [0.5, 0.6) is 0 Å². The predicted molar refractivity (Wildman–Crippen MR) is 96.8 cm³/mol. The predicted octanol–water partition coefficient (Wildman–Crippen LogP) is 6.75.